The van der Waals surface area contributed by atoms with Crippen LogP contribution in [0, 0.1) is 0 Å². The molecule has 4 nitrogen and oxygen atoms in total. The van der Waals surface area contributed by atoms with E-state index in [0.29, 0.717) is 11.4 Å². The molecule has 0 radical (unpaired) electrons. The molecule has 0 saturated heterocycles. The summed E-state index contributed by atoms with van der Waals surface area (Å²) in [5.41, 5.74) is 8.08. The van der Waals surface area contributed by atoms with Crippen LogP contribution in [0.2, 0.25) is 0 Å². The second-order valence-corrected chi connectivity index (χ2v) is 7.02. The highest BCUT2D eigenvalue weighted by atomic mass is 32.2. The van der Waals surface area contributed by atoms with Crippen LogP contribution >= 0.6 is 0 Å². The molecule has 0 aliphatic carbocycles. The van der Waals surface area contributed by atoms with Crippen LogP contribution in [0.1, 0.15) is 17.2 Å². The number of nitrogens with zero attached hydrogens (tertiary/aromatic N) is 1. The van der Waals surface area contributed by atoms with E-state index in [2.05, 4.69) is 0 Å². The first-order valence-electron chi connectivity index (χ1n) is 6.99. The highest BCUT2D eigenvalue weighted by molar-refractivity contribution is 7.89. The summed E-state index contributed by atoms with van der Waals surface area (Å²) < 4.78 is 27.2. The number of nitrogens with two attached hydrogens (primary N) is 1. The lowest BCUT2D eigenvalue weighted by Crippen LogP contribution is -2.43. The van der Waals surface area contributed by atoms with Gasteiger partial charge in [-0.25, -0.2) is 8.42 Å². The number of fused-ring (bicyclic) bond motifs is 1. The molecule has 0 amide bonds. The minimum Gasteiger partial charge on any atom is -0.329 e. The summed E-state index contributed by atoms with van der Waals surface area (Å²) in [6, 6.07) is 16.2. The van der Waals surface area contributed by atoms with Crippen LogP contribution in [-0.4, -0.2) is 25.8 Å². The second-order valence-electron chi connectivity index (χ2n) is 5.13. The van der Waals surface area contributed by atoms with Crippen molar-refractivity contribution in [1.29, 1.82) is 0 Å². The number of sulfonamides is 1. The lowest BCUT2D eigenvalue weighted by atomic mass is 9.94. The Kier molecular flexibility index (Phi) is 3.80. The van der Waals surface area contributed by atoms with Crippen molar-refractivity contribution in [3.63, 3.8) is 0 Å². The summed E-state index contributed by atoms with van der Waals surface area (Å²) in [5, 5.41) is 0. The van der Waals surface area contributed by atoms with Crippen LogP contribution in [0.3, 0.4) is 0 Å². The predicted molar refractivity (Wildman–Crippen MR) is 82.3 cm³/mol. The molecule has 0 spiro atoms. The maximum absolute atomic E-state index is 12.8. The molecule has 2 aromatic rings. The van der Waals surface area contributed by atoms with E-state index >= 15 is 0 Å². The predicted octanol–water partition coefficient (Wildman–Crippen LogP) is 1.93. The SMILES string of the molecule is NC[C@@H]1c2ccccc2CCN1S(=O)(=O)c1ccccc1. The number of benzene rings is 2. The van der Waals surface area contributed by atoms with Gasteiger partial charge < -0.3 is 5.73 Å². The van der Waals surface area contributed by atoms with Gasteiger partial charge in [-0.05, 0) is 29.7 Å². The van der Waals surface area contributed by atoms with Crippen molar-refractivity contribution in [2.24, 2.45) is 5.73 Å². The summed E-state index contributed by atoms with van der Waals surface area (Å²) in [7, 11) is -3.51. The average Bonchev–Trinajstić information content (AvgIpc) is 2.54. The molecule has 0 saturated carbocycles. The Labute approximate surface area is 125 Å². The summed E-state index contributed by atoms with van der Waals surface area (Å²) in [6.07, 6.45) is 0.721. The number of hydrogen-bond acceptors (Lipinski definition) is 3. The van der Waals surface area contributed by atoms with Crippen LogP contribution in [0.15, 0.2) is 59.5 Å². The van der Waals surface area contributed by atoms with Crippen molar-refractivity contribution in [3.05, 3.63) is 65.7 Å². The van der Waals surface area contributed by atoms with Crippen molar-refractivity contribution in [2.45, 2.75) is 17.4 Å². The zero-order chi connectivity index (χ0) is 14.9. The fourth-order valence-corrected chi connectivity index (χ4v) is 4.53. The van der Waals surface area contributed by atoms with Gasteiger partial charge in [0.15, 0.2) is 0 Å². The van der Waals surface area contributed by atoms with Crippen LogP contribution < -0.4 is 5.73 Å². The van der Waals surface area contributed by atoms with E-state index in [1.54, 1.807) is 24.3 Å². The van der Waals surface area contributed by atoms with E-state index in [9.17, 15) is 8.42 Å². The number of rotatable bonds is 3. The van der Waals surface area contributed by atoms with E-state index < -0.39 is 10.0 Å². The molecule has 21 heavy (non-hydrogen) atoms. The van der Waals surface area contributed by atoms with Gasteiger partial charge in [0.2, 0.25) is 10.0 Å². The molecule has 1 heterocycles. The van der Waals surface area contributed by atoms with Crippen LogP contribution in [0.5, 0.6) is 0 Å². The normalized spacial score (nSPS) is 19.2. The molecule has 1 atom stereocenters. The molecule has 0 bridgehead atoms. The van der Waals surface area contributed by atoms with Gasteiger partial charge in [0, 0.05) is 13.1 Å². The quantitative estimate of drug-likeness (QED) is 0.942. The third kappa shape index (κ3) is 2.48. The van der Waals surface area contributed by atoms with Crippen molar-refractivity contribution >= 4 is 10.0 Å². The molecular formula is C16H18N2O2S. The molecule has 110 valence electrons. The fraction of sp³-hybridized carbons (Fsp3) is 0.250. The van der Waals surface area contributed by atoms with Crippen LogP contribution in [-0.2, 0) is 16.4 Å². The van der Waals surface area contributed by atoms with Gasteiger partial charge in [-0.2, -0.15) is 4.31 Å². The summed E-state index contributed by atoms with van der Waals surface area (Å²) in [5.74, 6) is 0. The third-order valence-electron chi connectivity index (χ3n) is 3.94. The van der Waals surface area contributed by atoms with Crippen LogP contribution in [0.25, 0.3) is 0 Å². The number of hydrogen-bond donors (Lipinski definition) is 1. The Bertz CT molecular complexity index is 729. The Balaban J connectivity index is 2.04. The maximum atomic E-state index is 12.8. The van der Waals surface area contributed by atoms with Crippen molar-refractivity contribution < 1.29 is 8.42 Å². The van der Waals surface area contributed by atoms with E-state index in [-0.39, 0.29) is 12.6 Å². The minimum atomic E-state index is -3.51. The molecule has 0 fully saturated rings. The van der Waals surface area contributed by atoms with Gasteiger partial charge in [-0.1, -0.05) is 42.5 Å². The Hall–Kier alpha value is -1.69. The summed E-state index contributed by atoms with van der Waals surface area (Å²) >= 11 is 0. The first-order valence-corrected chi connectivity index (χ1v) is 8.43. The van der Waals surface area contributed by atoms with Gasteiger partial charge in [-0.15, -0.1) is 0 Å². The monoisotopic (exact) mass is 302 g/mol. The molecule has 1 aliphatic heterocycles. The molecular weight excluding hydrogens is 284 g/mol. The standard InChI is InChI=1S/C16H18N2O2S/c17-12-16-15-9-5-4-6-13(15)10-11-18(16)21(19,20)14-7-2-1-3-8-14/h1-9,16H,10-12,17H2/t16-/m1/s1. The molecule has 1 aliphatic rings. The van der Waals surface area contributed by atoms with E-state index in [1.165, 1.54) is 9.87 Å². The summed E-state index contributed by atoms with van der Waals surface area (Å²) in [6.45, 7) is 0.749. The van der Waals surface area contributed by atoms with E-state index in [4.69, 9.17) is 5.73 Å². The molecule has 2 aromatic carbocycles. The smallest absolute Gasteiger partial charge is 0.243 e. The third-order valence-corrected chi connectivity index (χ3v) is 5.86. The highest BCUT2D eigenvalue weighted by Gasteiger charge is 2.35. The Morgan fingerprint density at radius 2 is 1.71 bits per heavy atom. The largest absolute Gasteiger partial charge is 0.329 e. The fourth-order valence-electron chi connectivity index (χ4n) is 2.89. The van der Waals surface area contributed by atoms with Crippen molar-refractivity contribution in [1.82, 2.24) is 4.31 Å². The Morgan fingerprint density at radius 1 is 1.05 bits per heavy atom. The zero-order valence-electron chi connectivity index (χ0n) is 11.6. The minimum absolute atomic E-state index is 0.281. The maximum Gasteiger partial charge on any atom is 0.243 e. The molecule has 5 heteroatoms. The van der Waals surface area contributed by atoms with Gasteiger partial charge in [0.05, 0.1) is 10.9 Å². The molecule has 3 rings (SSSR count). The Morgan fingerprint density at radius 3 is 2.43 bits per heavy atom. The van der Waals surface area contributed by atoms with Gasteiger partial charge in [-0.3, -0.25) is 0 Å². The van der Waals surface area contributed by atoms with Crippen LogP contribution in [0.4, 0.5) is 0 Å². The lowest BCUT2D eigenvalue weighted by Gasteiger charge is -2.35. The topological polar surface area (TPSA) is 63.4 Å². The van der Waals surface area contributed by atoms with E-state index in [1.807, 2.05) is 30.3 Å². The highest BCUT2D eigenvalue weighted by Crippen LogP contribution is 2.33. The van der Waals surface area contributed by atoms with Gasteiger partial charge in [0.1, 0.15) is 0 Å². The lowest BCUT2D eigenvalue weighted by molar-refractivity contribution is 0.313. The van der Waals surface area contributed by atoms with Gasteiger partial charge >= 0.3 is 0 Å². The molecule has 0 unspecified atom stereocenters. The molecule has 2 N–H and O–H groups in total. The van der Waals surface area contributed by atoms with E-state index in [0.717, 1.165) is 12.0 Å². The van der Waals surface area contributed by atoms with Crippen molar-refractivity contribution in [3.8, 4) is 0 Å². The second kappa shape index (κ2) is 5.60. The van der Waals surface area contributed by atoms with Crippen molar-refractivity contribution in [2.75, 3.05) is 13.1 Å². The van der Waals surface area contributed by atoms with Gasteiger partial charge in [0.25, 0.3) is 0 Å². The summed E-state index contributed by atoms with van der Waals surface area (Å²) in [4.78, 5) is 0.322. The molecule has 0 aromatic heterocycles. The zero-order valence-corrected chi connectivity index (χ0v) is 12.5. The first kappa shape index (κ1) is 14.3. The first-order chi connectivity index (χ1) is 10.1. The average molecular weight is 302 g/mol.